The number of hydrogen-bond donors (Lipinski definition) is 2. The van der Waals surface area contributed by atoms with Crippen molar-refractivity contribution >= 4 is 27.9 Å². The molecule has 6 heteroatoms. The largest absolute Gasteiger partial charge is 0.468 e. The van der Waals surface area contributed by atoms with Crippen molar-refractivity contribution in [3.8, 4) is 17.3 Å². The van der Waals surface area contributed by atoms with Gasteiger partial charge in [0.05, 0.1) is 7.11 Å². The SMILES string of the molecule is COc1nc2nc(N)nc(-c3cccc4ccccc34)c2[nH]1. The van der Waals surface area contributed by atoms with Crippen LogP contribution in [-0.4, -0.2) is 27.0 Å². The van der Waals surface area contributed by atoms with Crippen LogP contribution in [-0.2, 0) is 0 Å². The van der Waals surface area contributed by atoms with Crippen LogP contribution in [0.1, 0.15) is 0 Å². The maximum Gasteiger partial charge on any atom is 0.295 e. The molecule has 6 nitrogen and oxygen atoms in total. The van der Waals surface area contributed by atoms with E-state index in [0.29, 0.717) is 17.2 Å². The van der Waals surface area contributed by atoms with Crippen molar-refractivity contribution in [2.45, 2.75) is 0 Å². The summed E-state index contributed by atoms with van der Waals surface area (Å²) in [5.41, 5.74) is 8.74. The number of imidazole rings is 1. The van der Waals surface area contributed by atoms with Gasteiger partial charge in [-0.15, -0.1) is 0 Å². The molecular formula is C16H13N5O. The predicted octanol–water partition coefficient (Wildman–Crippen LogP) is 2.76. The maximum absolute atomic E-state index is 5.84. The lowest BCUT2D eigenvalue weighted by Crippen LogP contribution is -1.98. The van der Waals surface area contributed by atoms with Crippen molar-refractivity contribution in [1.82, 2.24) is 19.9 Å². The van der Waals surface area contributed by atoms with Gasteiger partial charge in [-0.3, -0.25) is 0 Å². The molecular weight excluding hydrogens is 278 g/mol. The van der Waals surface area contributed by atoms with Gasteiger partial charge in [-0.2, -0.15) is 9.97 Å². The number of methoxy groups -OCH3 is 1. The minimum atomic E-state index is 0.185. The Morgan fingerprint density at radius 3 is 2.68 bits per heavy atom. The Balaban J connectivity index is 2.09. The lowest BCUT2D eigenvalue weighted by Gasteiger charge is -2.07. The highest BCUT2D eigenvalue weighted by atomic mass is 16.5. The van der Waals surface area contributed by atoms with Gasteiger partial charge in [-0.1, -0.05) is 42.5 Å². The molecule has 0 amide bonds. The normalized spacial score (nSPS) is 11.1. The zero-order chi connectivity index (χ0) is 15.1. The summed E-state index contributed by atoms with van der Waals surface area (Å²) in [5.74, 6) is 0.185. The minimum absolute atomic E-state index is 0.185. The van der Waals surface area contributed by atoms with Crippen molar-refractivity contribution in [1.29, 1.82) is 0 Å². The van der Waals surface area contributed by atoms with E-state index in [0.717, 1.165) is 22.0 Å². The topological polar surface area (TPSA) is 89.7 Å². The van der Waals surface area contributed by atoms with Gasteiger partial charge in [-0.25, -0.2) is 4.98 Å². The minimum Gasteiger partial charge on any atom is -0.468 e. The van der Waals surface area contributed by atoms with Crippen LogP contribution in [0.3, 0.4) is 0 Å². The van der Waals surface area contributed by atoms with Gasteiger partial charge in [0.1, 0.15) is 11.2 Å². The van der Waals surface area contributed by atoms with Gasteiger partial charge in [0.15, 0.2) is 5.65 Å². The summed E-state index contributed by atoms with van der Waals surface area (Å²) >= 11 is 0. The van der Waals surface area contributed by atoms with E-state index in [9.17, 15) is 0 Å². The number of nitrogens with zero attached hydrogens (tertiary/aromatic N) is 3. The summed E-state index contributed by atoms with van der Waals surface area (Å²) < 4.78 is 5.14. The van der Waals surface area contributed by atoms with E-state index in [1.54, 1.807) is 7.11 Å². The number of anilines is 1. The Morgan fingerprint density at radius 1 is 1.00 bits per heavy atom. The highest BCUT2D eigenvalue weighted by Crippen LogP contribution is 2.32. The van der Waals surface area contributed by atoms with E-state index < -0.39 is 0 Å². The zero-order valence-electron chi connectivity index (χ0n) is 11.9. The molecule has 4 rings (SSSR count). The van der Waals surface area contributed by atoms with Crippen LogP contribution in [0, 0.1) is 0 Å². The second-order valence-corrected chi connectivity index (χ2v) is 4.90. The summed E-state index contributed by atoms with van der Waals surface area (Å²) in [7, 11) is 1.55. The standard InChI is InChI=1S/C16H13N5O/c1-22-16-19-13-12(18-15(17)20-14(13)21-16)11-8-4-6-9-5-2-3-7-10(9)11/h2-8H,1H3,(H3,17,18,19,20,21). The summed E-state index contributed by atoms with van der Waals surface area (Å²) in [6.07, 6.45) is 0. The monoisotopic (exact) mass is 291 g/mol. The Hall–Kier alpha value is -3.15. The van der Waals surface area contributed by atoms with Crippen LogP contribution in [0.2, 0.25) is 0 Å². The fourth-order valence-electron chi connectivity index (χ4n) is 2.62. The zero-order valence-corrected chi connectivity index (χ0v) is 11.9. The third-order valence-corrected chi connectivity index (χ3v) is 3.58. The number of rotatable bonds is 2. The number of aromatic amines is 1. The lowest BCUT2D eigenvalue weighted by atomic mass is 10.0. The molecule has 0 saturated carbocycles. The molecule has 0 atom stereocenters. The molecule has 2 aromatic heterocycles. The summed E-state index contributed by atoms with van der Waals surface area (Å²) in [5, 5.41) is 2.23. The number of nitrogen functional groups attached to an aromatic ring is 1. The molecule has 0 aliphatic carbocycles. The molecule has 0 unspecified atom stereocenters. The first-order chi connectivity index (χ1) is 10.8. The average Bonchev–Trinajstić information content (AvgIpc) is 2.96. The molecule has 0 aliphatic rings. The third-order valence-electron chi connectivity index (χ3n) is 3.58. The van der Waals surface area contributed by atoms with Crippen LogP contribution >= 0.6 is 0 Å². The first-order valence-corrected chi connectivity index (χ1v) is 6.81. The Kier molecular flexibility index (Phi) is 2.69. The van der Waals surface area contributed by atoms with Crippen LogP contribution in [0.4, 0.5) is 5.95 Å². The van der Waals surface area contributed by atoms with Crippen LogP contribution in [0.5, 0.6) is 6.01 Å². The summed E-state index contributed by atoms with van der Waals surface area (Å²) in [6, 6.07) is 14.6. The Labute approximate surface area is 126 Å². The number of H-pyrrole nitrogens is 1. The molecule has 3 N–H and O–H groups in total. The molecule has 4 aromatic rings. The molecule has 22 heavy (non-hydrogen) atoms. The smallest absolute Gasteiger partial charge is 0.295 e. The molecule has 0 spiro atoms. The number of nitrogens with one attached hydrogen (secondary N) is 1. The first kappa shape index (κ1) is 12.6. The first-order valence-electron chi connectivity index (χ1n) is 6.81. The quantitative estimate of drug-likeness (QED) is 0.592. The molecule has 0 aliphatic heterocycles. The lowest BCUT2D eigenvalue weighted by molar-refractivity contribution is 0.386. The van der Waals surface area contributed by atoms with Gasteiger partial charge in [0.25, 0.3) is 6.01 Å². The van der Waals surface area contributed by atoms with Gasteiger partial charge in [0, 0.05) is 5.56 Å². The van der Waals surface area contributed by atoms with E-state index >= 15 is 0 Å². The van der Waals surface area contributed by atoms with Gasteiger partial charge >= 0.3 is 0 Å². The molecule has 0 saturated heterocycles. The number of fused-ring (bicyclic) bond motifs is 2. The number of ether oxygens (including phenoxy) is 1. The Bertz CT molecular complexity index is 987. The number of benzene rings is 2. The number of aromatic nitrogens is 4. The Morgan fingerprint density at radius 2 is 1.82 bits per heavy atom. The summed E-state index contributed by atoms with van der Waals surface area (Å²) in [6.45, 7) is 0. The highest BCUT2D eigenvalue weighted by Gasteiger charge is 2.15. The van der Waals surface area contributed by atoms with Gasteiger partial charge < -0.3 is 15.5 Å². The predicted molar refractivity (Wildman–Crippen MR) is 85.6 cm³/mol. The van der Waals surface area contributed by atoms with Crippen LogP contribution in [0.15, 0.2) is 42.5 Å². The average molecular weight is 291 g/mol. The molecule has 108 valence electrons. The van der Waals surface area contributed by atoms with E-state index in [1.807, 2.05) is 24.3 Å². The van der Waals surface area contributed by atoms with Gasteiger partial charge in [0.2, 0.25) is 5.95 Å². The number of hydrogen-bond acceptors (Lipinski definition) is 5. The summed E-state index contributed by atoms with van der Waals surface area (Å²) in [4.78, 5) is 15.9. The van der Waals surface area contributed by atoms with Crippen molar-refractivity contribution in [3.05, 3.63) is 42.5 Å². The van der Waals surface area contributed by atoms with E-state index in [4.69, 9.17) is 10.5 Å². The maximum atomic E-state index is 5.84. The fourth-order valence-corrected chi connectivity index (χ4v) is 2.62. The molecule has 0 radical (unpaired) electrons. The van der Waals surface area contributed by atoms with E-state index in [2.05, 4.69) is 38.1 Å². The van der Waals surface area contributed by atoms with Crippen molar-refractivity contribution < 1.29 is 4.74 Å². The van der Waals surface area contributed by atoms with Crippen molar-refractivity contribution in [2.75, 3.05) is 12.8 Å². The third kappa shape index (κ3) is 1.85. The molecule has 2 aromatic carbocycles. The van der Waals surface area contributed by atoms with Crippen LogP contribution < -0.4 is 10.5 Å². The van der Waals surface area contributed by atoms with Crippen molar-refractivity contribution in [2.24, 2.45) is 0 Å². The molecule has 0 bridgehead atoms. The van der Waals surface area contributed by atoms with Gasteiger partial charge in [-0.05, 0) is 10.8 Å². The van der Waals surface area contributed by atoms with Crippen LogP contribution in [0.25, 0.3) is 33.2 Å². The fraction of sp³-hybridized carbons (Fsp3) is 0.0625. The second-order valence-electron chi connectivity index (χ2n) is 4.90. The molecule has 2 heterocycles. The second kappa shape index (κ2) is 4.70. The van der Waals surface area contributed by atoms with Crippen molar-refractivity contribution in [3.63, 3.8) is 0 Å². The molecule has 0 fully saturated rings. The number of nitrogens with two attached hydrogens (primary N) is 1. The highest BCUT2D eigenvalue weighted by molar-refractivity contribution is 6.01. The van der Waals surface area contributed by atoms with E-state index in [-0.39, 0.29) is 5.95 Å². The van der Waals surface area contributed by atoms with E-state index in [1.165, 1.54) is 0 Å².